The van der Waals surface area contributed by atoms with E-state index >= 15 is 0 Å². The normalized spacial score (nSPS) is 11.8. The Bertz CT molecular complexity index is 1140. The SMILES string of the molecule is Cc1noc(C)c1S(=O)(=O)Nc1ccc(-c2cn3cccnc3n2)cc1. The third-order valence-corrected chi connectivity index (χ3v) is 5.53. The average molecular weight is 369 g/mol. The number of nitrogens with zero attached hydrogens (tertiary/aromatic N) is 4. The van der Waals surface area contributed by atoms with Gasteiger partial charge in [0.05, 0.1) is 5.69 Å². The molecule has 26 heavy (non-hydrogen) atoms. The molecule has 0 saturated carbocycles. The lowest BCUT2D eigenvalue weighted by atomic mass is 10.1. The van der Waals surface area contributed by atoms with Gasteiger partial charge in [-0.25, -0.2) is 18.4 Å². The summed E-state index contributed by atoms with van der Waals surface area (Å²) in [6, 6.07) is 8.79. The number of nitrogens with one attached hydrogen (secondary N) is 1. The van der Waals surface area contributed by atoms with Crippen molar-refractivity contribution in [3.05, 3.63) is 60.4 Å². The Balaban J connectivity index is 1.62. The summed E-state index contributed by atoms with van der Waals surface area (Å²) >= 11 is 0. The zero-order chi connectivity index (χ0) is 18.3. The highest BCUT2D eigenvalue weighted by molar-refractivity contribution is 7.92. The molecule has 0 aliphatic carbocycles. The molecule has 4 rings (SSSR count). The Morgan fingerprint density at radius 1 is 1.15 bits per heavy atom. The standard InChI is InChI=1S/C17H15N5O3S/c1-11-16(12(2)25-20-11)26(23,24)21-14-6-4-13(5-7-14)15-10-22-9-3-8-18-17(22)19-15/h3-10,21H,1-2H3. The molecule has 3 aromatic heterocycles. The number of hydrogen-bond donors (Lipinski definition) is 1. The molecule has 0 atom stereocenters. The minimum Gasteiger partial charge on any atom is -0.360 e. The van der Waals surface area contributed by atoms with Crippen molar-refractivity contribution < 1.29 is 12.9 Å². The Kier molecular flexibility index (Phi) is 3.73. The fraction of sp³-hybridized carbons (Fsp3) is 0.118. The second kappa shape index (κ2) is 5.95. The molecule has 0 spiro atoms. The first-order valence-electron chi connectivity index (χ1n) is 7.80. The molecule has 8 nitrogen and oxygen atoms in total. The average Bonchev–Trinajstić information content (AvgIpc) is 3.18. The van der Waals surface area contributed by atoms with Gasteiger partial charge in [-0.3, -0.25) is 9.12 Å². The van der Waals surface area contributed by atoms with Crippen molar-refractivity contribution in [1.29, 1.82) is 0 Å². The van der Waals surface area contributed by atoms with Crippen LogP contribution in [0.2, 0.25) is 0 Å². The summed E-state index contributed by atoms with van der Waals surface area (Å²) in [6.07, 6.45) is 5.41. The summed E-state index contributed by atoms with van der Waals surface area (Å²) in [5.41, 5.74) is 2.37. The van der Waals surface area contributed by atoms with Gasteiger partial charge >= 0.3 is 0 Å². The minimum atomic E-state index is -3.77. The second-order valence-corrected chi connectivity index (χ2v) is 7.41. The maximum absolute atomic E-state index is 12.5. The third kappa shape index (κ3) is 2.82. The van der Waals surface area contributed by atoms with Gasteiger partial charge in [-0.2, -0.15) is 0 Å². The van der Waals surface area contributed by atoms with Crippen LogP contribution in [0.5, 0.6) is 0 Å². The van der Waals surface area contributed by atoms with E-state index in [1.807, 2.05) is 22.9 Å². The second-order valence-electron chi connectivity index (χ2n) is 5.79. The molecular formula is C17H15N5O3S. The number of fused-ring (bicyclic) bond motifs is 1. The zero-order valence-corrected chi connectivity index (χ0v) is 14.9. The van der Waals surface area contributed by atoms with Gasteiger partial charge in [-0.15, -0.1) is 0 Å². The van der Waals surface area contributed by atoms with E-state index in [1.165, 1.54) is 0 Å². The quantitative estimate of drug-likeness (QED) is 0.593. The van der Waals surface area contributed by atoms with E-state index < -0.39 is 10.0 Å². The van der Waals surface area contributed by atoms with Crippen LogP contribution in [0, 0.1) is 13.8 Å². The van der Waals surface area contributed by atoms with E-state index in [1.54, 1.807) is 44.3 Å². The largest absolute Gasteiger partial charge is 0.360 e. The molecule has 9 heteroatoms. The molecule has 1 N–H and O–H groups in total. The number of sulfonamides is 1. The lowest BCUT2D eigenvalue weighted by molar-refractivity contribution is 0.390. The zero-order valence-electron chi connectivity index (χ0n) is 14.0. The molecule has 132 valence electrons. The highest BCUT2D eigenvalue weighted by atomic mass is 32.2. The Morgan fingerprint density at radius 3 is 2.58 bits per heavy atom. The molecule has 0 radical (unpaired) electrons. The van der Waals surface area contributed by atoms with Crippen LogP contribution >= 0.6 is 0 Å². The highest BCUT2D eigenvalue weighted by Gasteiger charge is 2.24. The van der Waals surface area contributed by atoms with Crippen molar-refractivity contribution in [2.75, 3.05) is 4.72 Å². The molecular weight excluding hydrogens is 354 g/mol. The van der Waals surface area contributed by atoms with E-state index in [0.29, 0.717) is 17.2 Å². The van der Waals surface area contributed by atoms with Crippen molar-refractivity contribution >= 4 is 21.5 Å². The number of anilines is 1. The van der Waals surface area contributed by atoms with Crippen molar-refractivity contribution in [1.82, 2.24) is 19.5 Å². The maximum atomic E-state index is 12.5. The van der Waals surface area contributed by atoms with Crippen LogP contribution in [-0.4, -0.2) is 27.9 Å². The number of aromatic nitrogens is 4. The fourth-order valence-corrected chi connectivity index (χ4v) is 4.13. The van der Waals surface area contributed by atoms with Crippen LogP contribution < -0.4 is 4.72 Å². The van der Waals surface area contributed by atoms with Gasteiger partial charge in [-0.05, 0) is 32.0 Å². The molecule has 3 heterocycles. The van der Waals surface area contributed by atoms with E-state index in [-0.39, 0.29) is 10.7 Å². The summed E-state index contributed by atoms with van der Waals surface area (Å²) in [7, 11) is -3.77. The summed E-state index contributed by atoms with van der Waals surface area (Å²) in [5, 5.41) is 3.69. The van der Waals surface area contributed by atoms with Crippen molar-refractivity contribution in [3.63, 3.8) is 0 Å². The Labute approximate surface area is 149 Å². The Hall–Kier alpha value is -3.20. The first-order valence-corrected chi connectivity index (χ1v) is 9.28. The summed E-state index contributed by atoms with van der Waals surface area (Å²) in [5.74, 6) is 0.856. The molecule has 0 amide bonds. The van der Waals surface area contributed by atoms with Crippen LogP contribution in [0.15, 0.2) is 58.3 Å². The van der Waals surface area contributed by atoms with Gasteiger partial charge in [0.2, 0.25) is 5.78 Å². The van der Waals surface area contributed by atoms with Gasteiger partial charge in [0.15, 0.2) is 10.7 Å². The first kappa shape index (κ1) is 16.3. The van der Waals surface area contributed by atoms with E-state index in [4.69, 9.17) is 4.52 Å². The van der Waals surface area contributed by atoms with Gasteiger partial charge in [-0.1, -0.05) is 17.3 Å². The van der Waals surface area contributed by atoms with Gasteiger partial charge in [0, 0.05) is 29.8 Å². The predicted molar refractivity (Wildman–Crippen MR) is 95.2 cm³/mol. The van der Waals surface area contributed by atoms with E-state index in [9.17, 15) is 8.42 Å². The molecule has 0 fully saturated rings. The third-order valence-electron chi connectivity index (χ3n) is 3.90. The predicted octanol–water partition coefficient (Wildman–Crippen LogP) is 2.80. The number of benzene rings is 1. The lowest BCUT2D eigenvalue weighted by Crippen LogP contribution is -2.14. The van der Waals surface area contributed by atoms with Crippen LogP contribution in [0.25, 0.3) is 17.0 Å². The van der Waals surface area contributed by atoms with Gasteiger partial charge < -0.3 is 4.52 Å². The molecule has 0 aliphatic heterocycles. The first-order chi connectivity index (χ1) is 12.4. The maximum Gasteiger partial charge on any atom is 0.267 e. The Morgan fingerprint density at radius 2 is 1.92 bits per heavy atom. The number of imidazole rings is 1. The highest BCUT2D eigenvalue weighted by Crippen LogP contribution is 2.25. The molecule has 0 saturated heterocycles. The smallest absolute Gasteiger partial charge is 0.267 e. The molecule has 4 aromatic rings. The summed E-state index contributed by atoms with van der Waals surface area (Å²) < 4.78 is 34.4. The molecule has 0 aliphatic rings. The molecule has 0 bridgehead atoms. The summed E-state index contributed by atoms with van der Waals surface area (Å²) in [4.78, 5) is 8.69. The lowest BCUT2D eigenvalue weighted by Gasteiger charge is -2.08. The van der Waals surface area contributed by atoms with Crippen LogP contribution in [0.4, 0.5) is 5.69 Å². The van der Waals surface area contributed by atoms with Crippen LogP contribution in [0.1, 0.15) is 11.5 Å². The number of aryl methyl sites for hydroxylation is 2. The summed E-state index contributed by atoms with van der Waals surface area (Å²) in [6.45, 7) is 3.15. The van der Waals surface area contributed by atoms with Gasteiger partial charge in [0.25, 0.3) is 10.0 Å². The van der Waals surface area contributed by atoms with Crippen molar-refractivity contribution in [2.24, 2.45) is 0 Å². The van der Waals surface area contributed by atoms with E-state index in [2.05, 4.69) is 19.8 Å². The monoisotopic (exact) mass is 369 g/mol. The number of hydrogen-bond acceptors (Lipinski definition) is 6. The van der Waals surface area contributed by atoms with Crippen LogP contribution in [-0.2, 0) is 10.0 Å². The van der Waals surface area contributed by atoms with Crippen LogP contribution in [0.3, 0.4) is 0 Å². The number of rotatable bonds is 4. The van der Waals surface area contributed by atoms with Crippen molar-refractivity contribution in [2.45, 2.75) is 18.7 Å². The van der Waals surface area contributed by atoms with Crippen molar-refractivity contribution in [3.8, 4) is 11.3 Å². The molecule has 0 unspecified atom stereocenters. The minimum absolute atomic E-state index is 0.0630. The van der Waals surface area contributed by atoms with E-state index in [0.717, 1.165) is 11.3 Å². The fourth-order valence-electron chi connectivity index (χ4n) is 2.74. The molecule has 1 aromatic carbocycles. The topological polar surface area (TPSA) is 102 Å². The van der Waals surface area contributed by atoms with Gasteiger partial charge in [0.1, 0.15) is 5.69 Å².